The summed E-state index contributed by atoms with van der Waals surface area (Å²) in [6.07, 6.45) is 0.312. The fraction of sp³-hybridized carbons (Fsp3) is 0.167. The first kappa shape index (κ1) is 12.4. The van der Waals surface area contributed by atoms with Crippen LogP contribution in [0.5, 0.6) is 0 Å². The van der Waals surface area contributed by atoms with E-state index in [9.17, 15) is 5.11 Å². The molecular formula is C18H16N2O. The molecule has 104 valence electrons. The van der Waals surface area contributed by atoms with E-state index in [1.165, 1.54) is 0 Å². The van der Waals surface area contributed by atoms with Crippen LogP contribution in [0.1, 0.15) is 5.82 Å². The molecule has 1 aliphatic heterocycles. The minimum Gasteiger partial charge on any atom is -0.391 e. The monoisotopic (exact) mass is 276 g/mol. The van der Waals surface area contributed by atoms with Gasteiger partial charge in [0.1, 0.15) is 5.82 Å². The van der Waals surface area contributed by atoms with Crippen LogP contribution < -0.4 is 0 Å². The number of fused-ring (bicyclic) bond motifs is 1. The van der Waals surface area contributed by atoms with Crippen molar-refractivity contribution in [1.29, 1.82) is 0 Å². The molecule has 1 N–H and O–H groups in total. The summed E-state index contributed by atoms with van der Waals surface area (Å²) < 4.78 is 2.16. The predicted octanol–water partition coefficient (Wildman–Crippen LogP) is 3.13. The lowest BCUT2D eigenvalue weighted by Crippen LogP contribution is -2.08. The van der Waals surface area contributed by atoms with Gasteiger partial charge in [-0.1, -0.05) is 60.7 Å². The lowest BCUT2D eigenvalue weighted by molar-refractivity contribution is 0.176. The van der Waals surface area contributed by atoms with E-state index in [0.29, 0.717) is 13.0 Å². The first-order valence-corrected chi connectivity index (χ1v) is 7.21. The maximum absolute atomic E-state index is 9.91. The number of aromatic nitrogens is 2. The zero-order valence-electron chi connectivity index (χ0n) is 11.6. The number of hydrogen-bond acceptors (Lipinski definition) is 2. The first-order valence-electron chi connectivity index (χ1n) is 7.21. The van der Waals surface area contributed by atoms with Crippen LogP contribution in [0, 0.1) is 0 Å². The number of hydrogen-bond donors (Lipinski definition) is 1. The molecule has 0 radical (unpaired) electrons. The zero-order chi connectivity index (χ0) is 14.2. The second kappa shape index (κ2) is 4.86. The largest absolute Gasteiger partial charge is 0.391 e. The molecule has 4 rings (SSSR count). The van der Waals surface area contributed by atoms with Gasteiger partial charge in [-0.15, -0.1) is 0 Å². The number of aliphatic hydroxyl groups excluding tert-OH is 1. The molecule has 0 spiro atoms. The van der Waals surface area contributed by atoms with Crippen molar-refractivity contribution in [3.8, 4) is 22.5 Å². The van der Waals surface area contributed by atoms with Crippen LogP contribution in [0.25, 0.3) is 22.5 Å². The van der Waals surface area contributed by atoms with E-state index in [4.69, 9.17) is 4.98 Å². The zero-order valence-corrected chi connectivity index (χ0v) is 11.6. The molecule has 0 fully saturated rings. The van der Waals surface area contributed by atoms with Crippen LogP contribution in [-0.2, 0) is 13.0 Å². The van der Waals surface area contributed by atoms with Gasteiger partial charge in [0.05, 0.1) is 24.0 Å². The van der Waals surface area contributed by atoms with E-state index in [2.05, 4.69) is 28.8 Å². The summed E-state index contributed by atoms with van der Waals surface area (Å²) in [5.74, 6) is 0.972. The molecule has 0 amide bonds. The topological polar surface area (TPSA) is 38.1 Å². The molecule has 2 aromatic carbocycles. The molecule has 1 aliphatic rings. The summed E-state index contributed by atoms with van der Waals surface area (Å²) in [7, 11) is 0. The Morgan fingerprint density at radius 1 is 0.905 bits per heavy atom. The highest BCUT2D eigenvalue weighted by atomic mass is 16.3. The van der Waals surface area contributed by atoms with Crippen molar-refractivity contribution < 1.29 is 5.11 Å². The Balaban J connectivity index is 1.95. The molecule has 3 heteroatoms. The average Bonchev–Trinajstić information content (AvgIpc) is 3.05. The van der Waals surface area contributed by atoms with Crippen LogP contribution in [0.2, 0.25) is 0 Å². The standard InChI is InChI=1S/C18H16N2O/c21-15-11-16-19-17(13-7-3-1-4-8-13)18(20(16)12-15)14-9-5-2-6-10-14/h1-10,15,21H,11-12H2. The summed E-state index contributed by atoms with van der Waals surface area (Å²) in [6, 6.07) is 20.5. The first-order chi connectivity index (χ1) is 10.3. The SMILES string of the molecule is OC1Cc2nc(-c3ccccc3)c(-c3ccccc3)n2C1. The Morgan fingerprint density at radius 2 is 1.52 bits per heavy atom. The smallest absolute Gasteiger partial charge is 0.112 e. The van der Waals surface area contributed by atoms with E-state index < -0.39 is 0 Å². The average molecular weight is 276 g/mol. The van der Waals surface area contributed by atoms with Crippen LogP contribution in [0.15, 0.2) is 60.7 Å². The molecule has 1 unspecified atom stereocenters. The minimum absolute atomic E-state index is 0.320. The van der Waals surface area contributed by atoms with Crippen molar-refractivity contribution in [1.82, 2.24) is 9.55 Å². The van der Waals surface area contributed by atoms with Crippen molar-refractivity contribution in [3.63, 3.8) is 0 Å². The Labute approximate surface area is 123 Å². The van der Waals surface area contributed by atoms with Crippen LogP contribution >= 0.6 is 0 Å². The highest BCUT2D eigenvalue weighted by Crippen LogP contribution is 2.35. The molecule has 0 bridgehead atoms. The minimum atomic E-state index is -0.320. The predicted molar refractivity (Wildman–Crippen MR) is 82.8 cm³/mol. The second-order valence-electron chi connectivity index (χ2n) is 5.43. The van der Waals surface area contributed by atoms with Crippen LogP contribution in [0.4, 0.5) is 0 Å². The van der Waals surface area contributed by atoms with Crippen LogP contribution in [-0.4, -0.2) is 20.8 Å². The fourth-order valence-electron chi connectivity index (χ4n) is 3.02. The highest BCUT2D eigenvalue weighted by Gasteiger charge is 2.27. The normalized spacial score (nSPS) is 16.9. The number of nitrogens with zero attached hydrogens (tertiary/aromatic N) is 2. The summed E-state index contributed by atoms with van der Waals surface area (Å²) in [5.41, 5.74) is 4.37. The Kier molecular flexibility index (Phi) is 2.86. The van der Waals surface area contributed by atoms with Crippen molar-refractivity contribution in [3.05, 3.63) is 66.5 Å². The number of imidazole rings is 1. The van der Waals surface area contributed by atoms with Gasteiger partial charge >= 0.3 is 0 Å². The number of benzene rings is 2. The van der Waals surface area contributed by atoms with E-state index in [1.807, 2.05) is 36.4 Å². The summed E-state index contributed by atoms with van der Waals surface area (Å²) >= 11 is 0. The Bertz CT molecular complexity index is 763. The van der Waals surface area contributed by atoms with E-state index >= 15 is 0 Å². The molecule has 0 saturated carbocycles. The third kappa shape index (κ3) is 2.06. The van der Waals surface area contributed by atoms with Gasteiger partial charge in [-0.05, 0) is 0 Å². The maximum atomic E-state index is 9.91. The molecule has 21 heavy (non-hydrogen) atoms. The molecule has 2 heterocycles. The lowest BCUT2D eigenvalue weighted by atomic mass is 10.0. The molecular weight excluding hydrogens is 260 g/mol. The quantitative estimate of drug-likeness (QED) is 0.781. The number of aliphatic hydroxyl groups is 1. The molecule has 3 aromatic rings. The van der Waals surface area contributed by atoms with Crippen molar-refractivity contribution in [2.45, 2.75) is 19.1 Å². The Morgan fingerprint density at radius 3 is 2.19 bits per heavy atom. The van der Waals surface area contributed by atoms with Gasteiger partial charge in [0.2, 0.25) is 0 Å². The molecule has 1 aromatic heterocycles. The van der Waals surface area contributed by atoms with Crippen LogP contribution in [0.3, 0.4) is 0 Å². The molecule has 0 aliphatic carbocycles. The van der Waals surface area contributed by atoms with Gasteiger partial charge in [0, 0.05) is 17.5 Å². The third-order valence-corrected chi connectivity index (χ3v) is 3.95. The fourth-order valence-corrected chi connectivity index (χ4v) is 3.02. The third-order valence-electron chi connectivity index (χ3n) is 3.95. The van der Waals surface area contributed by atoms with Gasteiger partial charge in [0.25, 0.3) is 0 Å². The molecule has 3 nitrogen and oxygen atoms in total. The number of rotatable bonds is 2. The Hall–Kier alpha value is -2.39. The summed E-state index contributed by atoms with van der Waals surface area (Å²) in [6.45, 7) is 0.624. The van der Waals surface area contributed by atoms with Crippen molar-refractivity contribution >= 4 is 0 Å². The second-order valence-corrected chi connectivity index (χ2v) is 5.43. The van der Waals surface area contributed by atoms with Gasteiger partial charge < -0.3 is 9.67 Å². The van der Waals surface area contributed by atoms with Crippen molar-refractivity contribution in [2.75, 3.05) is 0 Å². The molecule has 0 saturated heterocycles. The maximum Gasteiger partial charge on any atom is 0.112 e. The molecule has 1 atom stereocenters. The lowest BCUT2D eigenvalue weighted by Gasteiger charge is -2.09. The summed E-state index contributed by atoms with van der Waals surface area (Å²) in [4.78, 5) is 4.79. The van der Waals surface area contributed by atoms with Gasteiger partial charge in [0.15, 0.2) is 0 Å². The van der Waals surface area contributed by atoms with Gasteiger partial charge in [-0.3, -0.25) is 0 Å². The van der Waals surface area contributed by atoms with E-state index in [0.717, 1.165) is 28.3 Å². The van der Waals surface area contributed by atoms with Crippen molar-refractivity contribution in [2.24, 2.45) is 0 Å². The van der Waals surface area contributed by atoms with E-state index in [1.54, 1.807) is 0 Å². The van der Waals surface area contributed by atoms with Gasteiger partial charge in [-0.25, -0.2) is 4.98 Å². The van der Waals surface area contributed by atoms with Gasteiger partial charge in [-0.2, -0.15) is 0 Å². The highest BCUT2D eigenvalue weighted by molar-refractivity contribution is 5.79. The van der Waals surface area contributed by atoms with E-state index in [-0.39, 0.29) is 6.10 Å². The summed E-state index contributed by atoms with van der Waals surface area (Å²) in [5, 5.41) is 9.91.